The molecule has 1 heterocycles. The zero-order chi connectivity index (χ0) is 9.84. The van der Waals surface area contributed by atoms with Crippen LogP contribution in [-0.2, 0) is 4.79 Å². The van der Waals surface area contributed by atoms with Crippen molar-refractivity contribution in [1.29, 1.82) is 0 Å². The molecular weight excluding hydrogens is 184 g/mol. The van der Waals surface area contributed by atoms with E-state index >= 15 is 0 Å². The zero-order valence-corrected chi connectivity index (χ0v) is 8.94. The van der Waals surface area contributed by atoms with Gasteiger partial charge in [-0.05, 0) is 13.8 Å². The second-order valence-electron chi connectivity index (χ2n) is 2.93. The third-order valence-electron chi connectivity index (χ3n) is 1.78. The summed E-state index contributed by atoms with van der Waals surface area (Å²) in [5.74, 6) is 0.0677. The number of carbonyl (C=O) groups is 1. The average molecular weight is 198 g/mol. The standard InChI is InChI=1S/C9H14N2OS/c1-4-9(12)10-6(2)8-5-13-7(3)11-8/h5-6H,4H2,1-3H3,(H,10,12). The topological polar surface area (TPSA) is 42.0 Å². The minimum absolute atomic E-state index is 0.0254. The summed E-state index contributed by atoms with van der Waals surface area (Å²) in [5, 5.41) is 5.88. The van der Waals surface area contributed by atoms with E-state index in [0.717, 1.165) is 10.7 Å². The Kier molecular flexibility index (Phi) is 3.42. The number of hydrogen-bond acceptors (Lipinski definition) is 3. The summed E-state index contributed by atoms with van der Waals surface area (Å²) in [6.45, 7) is 5.75. The molecule has 0 aliphatic rings. The first kappa shape index (κ1) is 10.2. The molecule has 1 unspecified atom stereocenters. The third-order valence-corrected chi connectivity index (χ3v) is 2.57. The number of hydrogen-bond donors (Lipinski definition) is 1. The average Bonchev–Trinajstić information content (AvgIpc) is 2.51. The molecule has 0 aromatic carbocycles. The van der Waals surface area contributed by atoms with Crippen molar-refractivity contribution in [2.24, 2.45) is 0 Å². The van der Waals surface area contributed by atoms with Gasteiger partial charge in [0.05, 0.1) is 16.7 Å². The van der Waals surface area contributed by atoms with Gasteiger partial charge < -0.3 is 5.32 Å². The Morgan fingerprint density at radius 2 is 2.46 bits per heavy atom. The molecule has 0 saturated carbocycles. The number of amides is 1. The van der Waals surface area contributed by atoms with E-state index in [2.05, 4.69) is 10.3 Å². The van der Waals surface area contributed by atoms with Crippen molar-refractivity contribution in [3.05, 3.63) is 16.1 Å². The summed E-state index contributed by atoms with van der Waals surface area (Å²) in [6, 6.07) is 0.0254. The molecule has 4 heteroatoms. The van der Waals surface area contributed by atoms with Gasteiger partial charge in [-0.1, -0.05) is 6.92 Å². The molecule has 13 heavy (non-hydrogen) atoms. The normalized spacial score (nSPS) is 12.5. The predicted octanol–water partition coefficient (Wildman–Crippen LogP) is 2.04. The highest BCUT2D eigenvalue weighted by Crippen LogP contribution is 2.15. The van der Waals surface area contributed by atoms with Gasteiger partial charge in [-0.2, -0.15) is 0 Å². The quantitative estimate of drug-likeness (QED) is 0.807. The molecule has 1 aromatic heterocycles. The van der Waals surface area contributed by atoms with E-state index < -0.39 is 0 Å². The lowest BCUT2D eigenvalue weighted by molar-refractivity contribution is -0.121. The molecular formula is C9H14N2OS. The van der Waals surface area contributed by atoms with Crippen LogP contribution in [0.2, 0.25) is 0 Å². The molecule has 1 aromatic rings. The molecule has 1 N–H and O–H groups in total. The summed E-state index contributed by atoms with van der Waals surface area (Å²) in [6.07, 6.45) is 0.521. The van der Waals surface area contributed by atoms with Crippen molar-refractivity contribution in [2.45, 2.75) is 33.2 Å². The summed E-state index contributed by atoms with van der Waals surface area (Å²) < 4.78 is 0. The molecule has 1 amide bonds. The van der Waals surface area contributed by atoms with Crippen LogP contribution in [0.25, 0.3) is 0 Å². The number of thiazole rings is 1. The number of nitrogens with zero attached hydrogens (tertiary/aromatic N) is 1. The molecule has 0 bridgehead atoms. The first-order chi connectivity index (χ1) is 6.13. The van der Waals surface area contributed by atoms with Crippen molar-refractivity contribution >= 4 is 17.2 Å². The molecule has 0 radical (unpaired) electrons. The monoisotopic (exact) mass is 198 g/mol. The number of rotatable bonds is 3. The largest absolute Gasteiger partial charge is 0.348 e. The lowest BCUT2D eigenvalue weighted by atomic mass is 10.2. The second-order valence-corrected chi connectivity index (χ2v) is 4.00. The van der Waals surface area contributed by atoms with E-state index in [0.29, 0.717) is 6.42 Å². The Labute approximate surface area is 82.2 Å². The molecule has 0 saturated heterocycles. The molecule has 0 fully saturated rings. The second kappa shape index (κ2) is 4.37. The molecule has 0 aliphatic heterocycles. The van der Waals surface area contributed by atoms with Gasteiger partial charge in [0.25, 0.3) is 0 Å². The SMILES string of the molecule is CCC(=O)NC(C)c1csc(C)n1. The highest BCUT2D eigenvalue weighted by atomic mass is 32.1. The number of aryl methyl sites for hydroxylation is 1. The molecule has 3 nitrogen and oxygen atoms in total. The van der Waals surface area contributed by atoms with Crippen molar-refractivity contribution in [1.82, 2.24) is 10.3 Å². The Hall–Kier alpha value is -0.900. The van der Waals surface area contributed by atoms with Gasteiger partial charge in [0, 0.05) is 11.8 Å². The fraction of sp³-hybridized carbons (Fsp3) is 0.556. The predicted molar refractivity (Wildman–Crippen MR) is 53.7 cm³/mol. The highest BCUT2D eigenvalue weighted by Gasteiger charge is 2.10. The van der Waals surface area contributed by atoms with Crippen LogP contribution >= 0.6 is 11.3 Å². The molecule has 1 atom stereocenters. The van der Waals surface area contributed by atoms with Crippen molar-refractivity contribution in [3.63, 3.8) is 0 Å². The first-order valence-corrected chi connectivity index (χ1v) is 5.22. The van der Waals surface area contributed by atoms with Gasteiger partial charge >= 0.3 is 0 Å². The Balaban J connectivity index is 2.58. The molecule has 0 spiro atoms. The number of nitrogens with one attached hydrogen (secondary N) is 1. The summed E-state index contributed by atoms with van der Waals surface area (Å²) in [5.41, 5.74) is 0.948. The maximum atomic E-state index is 11.1. The van der Waals surface area contributed by atoms with Crippen LogP contribution in [0.15, 0.2) is 5.38 Å². The van der Waals surface area contributed by atoms with Gasteiger partial charge in [0.15, 0.2) is 0 Å². The number of carbonyl (C=O) groups excluding carboxylic acids is 1. The van der Waals surface area contributed by atoms with E-state index in [9.17, 15) is 4.79 Å². The van der Waals surface area contributed by atoms with Gasteiger partial charge in [0.2, 0.25) is 5.91 Å². The van der Waals surface area contributed by atoms with E-state index in [4.69, 9.17) is 0 Å². The Morgan fingerprint density at radius 1 is 1.77 bits per heavy atom. The van der Waals surface area contributed by atoms with E-state index in [1.54, 1.807) is 11.3 Å². The van der Waals surface area contributed by atoms with E-state index in [1.807, 2.05) is 26.2 Å². The van der Waals surface area contributed by atoms with E-state index in [1.165, 1.54) is 0 Å². The lowest BCUT2D eigenvalue weighted by Crippen LogP contribution is -2.25. The van der Waals surface area contributed by atoms with Gasteiger partial charge in [-0.25, -0.2) is 4.98 Å². The summed E-state index contributed by atoms with van der Waals surface area (Å²) >= 11 is 1.61. The maximum Gasteiger partial charge on any atom is 0.220 e. The first-order valence-electron chi connectivity index (χ1n) is 4.35. The van der Waals surface area contributed by atoms with Crippen LogP contribution in [0.1, 0.15) is 37.0 Å². The molecule has 72 valence electrons. The van der Waals surface area contributed by atoms with Crippen LogP contribution in [0.5, 0.6) is 0 Å². The molecule has 1 rings (SSSR count). The van der Waals surface area contributed by atoms with Crippen LogP contribution in [-0.4, -0.2) is 10.9 Å². The highest BCUT2D eigenvalue weighted by molar-refractivity contribution is 7.09. The minimum Gasteiger partial charge on any atom is -0.348 e. The van der Waals surface area contributed by atoms with Crippen LogP contribution < -0.4 is 5.32 Å². The van der Waals surface area contributed by atoms with Gasteiger partial charge in [-0.15, -0.1) is 11.3 Å². The fourth-order valence-electron chi connectivity index (χ4n) is 0.997. The maximum absolute atomic E-state index is 11.1. The number of aromatic nitrogens is 1. The zero-order valence-electron chi connectivity index (χ0n) is 8.13. The fourth-order valence-corrected chi connectivity index (χ4v) is 1.70. The van der Waals surface area contributed by atoms with Crippen LogP contribution in [0, 0.1) is 6.92 Å². The third kappa shape index (κ3) is 2.81. The summed E-state index contributed by atoms with van der Waals surface area (Å²) in [7, 11) is 0. The Bertz CT molecular complexity index is 296. The Morgan fingerprint density at radius 3 is 2.92 bits per heavy atom. The van der Waals surface area contributed by atoms with Crippen molar-refractivity contribution in [2.75, 3.05) is 0 Å². The summed E-state index contributed by atoms with van der Waals surface area (Å²) in [4.78, 5) is 15.4. The van der Waals surface area contributed by atoms with Gasteiger partial charge in [0.1, 0.15) is 0 Å². The van der Waals surface area contributed by atoms with Crippen molar-refractivity contribution < 1.29 is 4.79 Å². The lowest BCUT2D eigenvalue weighted by Gasteiger charge is -2.09. The molecule has 0 aliphatic carbocycles. The van der Waals surface area contributed by atoms with E-state index in [-0.39, 0.29) is 11.9 Å². The minimum atomic E-state index is 0.0254. The van der Waals surface area contributed by atoms with Crippen molar-refractivity contribution in [3.8, 4) is 0 Å². The smallest absolute Gasteiger partial charge is 0.220 e. The van der Waals surface area contributed by atoms with Crippen LogP contribution in [0.3, 0.4) is 0 Å². The van der Waals surface area contributed by atoms with Gasteiger partial charge in [-0.3, -0.25) is 4.79 Å². The van der Waals surface area contributed by atoms with Crippen LogP contribution in [0.4, 0.5) is 0 Å².